The zero-order valence-electron chi connectivity index (χ0n) is 11.4. The molecule has 2 aromatic rings. The summed E-state index contributed by atoms with van der Waals surface area (Å²) >= 11 is 7.22. The first kappa shape index (κ1) is 15.6. The van der Waals surface area contributed by atoms with Gasteiger partial charge in [0.1, 0.15) is 5.82 Å². The molecule has 116 valence electrons. The van der Waals surface area contributed by atoms with E-state index < -0.39 is 16.9 Å². The van der Waals surface area contributed by atoms with Crippen LogP contribution in [0, 0.1) is 17.6 Å². The number of fused-ring (bicyclic) bond motifs is 1. The van der Waals surface area contributed by atoms with E-state index in [1.807, 2.05) is 12.1 Å². The molecule has 1 aliphatic rings. The number of halogens is 3. The fourth-order valence-electron chi connectivity index (χ4n) is 2.44. The molecule has 3 rings (SSSR count). The van der Waals surface area contributed by atoms with E-state index in [0.717, 1.165) is 17.0 Å². The van der Waals surface area contributed by atoms with Crippen LogP contribution < -0.4 is 4.74 Å². The molecule has 2 nitrogen and oxygen atoms in total. The van der Waals surface area contributed by atoms with Crippen molar-refractivity contribution in [3.8, 4) is 5.75 Å². The average Bonchev–Trinajstić information content (AvgIpc) is 2.53. The first-order valence-electron chi connectivity index (χ1n) is 6.74. The molecule has 6 heteroatoms. The van der Waals surface area contributed by atoms with E-state index in [2.05, 4.69) is 0 Å². The highest BCUT2D eigenvalue weighted by atomic mass is 35.5. The molecular formula is C16H13ClF2O2S. The first-order valence-corrected chi connectivity index (χ1v) is 7.99. The molecule has 22 heavy (non-hydrogen) atoms. The lowest BCUT2D eigenvalue weighted by atomic mass is 9.96. The highest BCUT2D eigenvalue weighted by Gasteiger charge is 2.35. The van der Waals surface area contributed by atoms with Crippen molar-refractivity contribution in [3.63, 3.8) is 0 Å². The van der Waals surface area contributed by atoms with Gasteiger partial charge in [-0.15, -0.1) is 11.8 Å². The van der Waals surface area contributed by atoms with Gasteiger partial charge in [0, 0.05) is 26.6 Å². The third-order valence-corrected chi connectivity index (χ3v) is 5.23. The van der Waals surface area contributed by atoms with Crippen molar-refractivity contribution in [3.05, 3.63) is 58.6 Å². The summed E-state index contributed by atoms with van der Waals surface area (Å²) in [6.45, 7) is -0.0181. The quantitative estimate of drug-likeness (QED) is 0.893. The number of hydrogen-bond acceptors (Lipinski definition) is 3. The van der Waals surface area contributed by atoms with Gasteiger partial charge in [-0.3, -0.25) is 0 Å². The third kappa shape index (κ3) is 2.93. The van der Waals surface area contributed by atoms with Gasteiger partial charge in [0.25, 0.3) is 0 Å². The topological polar surface area (TPSA) is 29.5 Å². The van der Waals surface area contributed by atoms with E-state index >= 15 is 0 Å². The molecule has 0 aliphatic carbocycles. The largest absolute Gasteiger partial charge is 0.490 e. The van der Waals surface area contributed by atoms with Crippen LogP contribution in [0.2, 0.25) is 5.02 Å². The van der Waals surface area contributed by atoms with E-state index in [1.54, 1.807) is 12.1 Å². The van der Waals surface area contributed by atoms with E-state index in [1.165, 1.54) is 11.8 Å². The molecule has 1 N–H and O–H groups in total. The summed E-state index contributed by atoms with van der Waals surface area (Å²) in [6, 6.07) is 9.24. The van der Waals surface area contributed by atoms with Crippen LogP contribution in [-0.4, -0.2) is 18.3 Å². The summed E-state index contributed by atoms with van der Waals surface area (Å²) in [5.74, 6) is -1.49. The van der Waals surface area contributed by atoms with Gasteiger partial charge in [0.05, 0.1) is 13.2 Å². The predicted octanol–water partition coefficient (Wildman–Crippen LogP) is 4.45. The smallest absolute Gasteiger partial charge is 0.165 e. The SMILES string of the molecule is OC[C@H]1COc2c(F)ccc(F)c2[C@@H]1Sc1ccc(Cl)cc1. The lowest BCUT2D eigenvalue weighted by molar-refractivity contribution is 0.138. The molecule has 0 saturated carbocycles. The van der Waals surface area contributed by atoms with Crippen molar-refractivity contribution in [2.75, 3.05) is 13.2 Å². The van der Waals surface area contributed by atoms with Gasteiger partial charge >= 0.3 is 0 Å². The van der Waals surface area contributed by atoms with E-state index in [0.29, 0.717) is 5.02 Å². The second-order valence-corrected chi connectivity index (χ2v) is 6.67. The van der Waals surface area contributed by atoms with Crippen LogP contribution in [0.5, 0.6) is 5.75 Å². The minimum absolute atomic E-state index is 0.0591. The van der Waals surface area contributed by atoms with Crippen molar-refractivity contribution < 1.29 is 18.6 Å². The molecule has 0 spiro atoms. The van der Waals surface area contributed by atoms with Gasteiger partial charge in [-0.2, -0.15) is 0 Å². The number of aliphatic hydroxyl groups excluding tert-OH is 1. The summed E-state index contributed by atoms with van der Waals surface area (Å²) in [6.07, 6.45) is 0. The maximum absolute atomic E-state index is 14.2. The van der Waals surface area contributed by atoms with Crippen LogP contribution in [-0.2, 0) is 0 Å². The van der Waals surface area contributed by atoms with Gasteiger partial charge in [0.2, 0.25) is 0 Å². The Morgan fingerprint density at radius 3 is 2.50 bits per heavy atom. The number of hydrogen-bond donors (Lipinski definition) is 1. The lowest BCUT2D eigenvalue weighted by Crippen LogP contribution is -2.28. The van der Waals surface area contributed by atoms with E-state index in [9.17, 15) is 13.9 Å². The molecule has 0 bridgehead atoms. The summed E-state index contributed by atoms with van der Waals surface area (Å²) in [5, 5.41) is 9.72. The Hall–Kier alpha value is -1.30. The monoisotopic (exact) mass is 342 g/mol. The molecule has 2 aromatic carbocycles. The zero-order chi connectivity index (χ0) is 15.7. The summed E-state index contributed by atoms with van der Waals surface area (Å²) in [7, 11) is 0. The molecule has 0 saturated heterocycles. The van der Waals surface area contributed by atoms with Crippen LogP contribution >= 0.6 is 23.4 Å². The Bertz CT molecular complexity index is 679. The molecule has 0 aromatic heterocycles. The van der Waals surface area contributed by atoms with Gasteiger partial charge in [-0.25, -0.2) is 8.78 Å². The number of rotatable bonds is 3. The Balaban J connectivity index is 2.01. The highest BCUT2D eigenvalue weighted by molar-refractivity contribution is 7.99. The van der Waals surface area contributed by atoms with Crippen LogP contribution in [0.3, 0.4) is 0 Å². The van der Waals surface area contributed by atoms with E-state index in [-0.39, 0.29) is 30.4 Å². The van der Waals surface area contributed by atoms with Crippen molar-refractivity contribution >= 4 is 23.4 Å². The molecule has 0 amide bonds. The van der Waals surface area contributed by atoms with Crippen molar-refractivity contribution in [2.24, 2.45) is 5.92 Å². The maximum Gasteiger partial charge on any atom is 0.165 e. The van der Waals surface area contributed by atoms with Crippen LogP contribution in [0.15, 0.2) is 41.3 Å². The average molecular weight is 343 g/mol. The fraction of sp³-hybridized carbons (Fsp3) is 0.250. The maximum atomic E-state index is 14.2. The second-order valence-electron chi connectivity index (χ2n) is 5.02. The number of ether oxygens (including phenoxy) is 1. The van der Waals surface area contributed by atoms with Gasteiger partial charge in [0.15, 0.2) is 11.6 Å². The molecular weight excluding hydrogens is 330 g/mol. The van der Waals surface area contributed by atoms with Gasteiger partial charge < -0.3 is 9.84 Å². The highest BCUT2D eigenvalue weighted by Crippen LogP contribution is 2.48. The summed E-state index contributed by atoms with van der Waals surface area (Å²) in [5.41, 5.74) is 0.172. The van der Waals surface area contributed by atoms with Crippen LogP contribution in [0.1, 0.15) is 10.8 Å². The Kier molecular flexibility index (Phi) is 4.57. The van der Waals surface area contributed by atoms with Crippen molar-refractivity contribution in [1.82, 2.24) is 0 Å². The molecule has 0 unspecified atom stereocenters. The van der Waals surface area contributed by atoms with Crippen LogP contribution in [0.25, 0.3) is 0 Å². The minimum atomic E-state index is -0.588. The lowest BCUT2D eigenvalue weighted by Gasteiger charge is -2.32. The normalized spacial score (nSPS) is 20.4. The molecule has 0 fully saturated rings. The predicted molar refractivity (Wildman–Crippen MR) is 82.5 cm³/mol. The second kappa shape index (κ2) is 6.44. The standard InChI is InChI=1S/C16H13ClF2O2S/c17-10-1-3-11(4-2-10)22-16-9(7-20)8-21-15-13(19)6-5-12(18)14(15)16/h1-6,9,16,20H,7-8H2/t9-,16+/m0/s1. The van der Waals surface area contributed by atoms with Gasteiger partial charge in [-0.1, -0.05) is 11.6 Å². The number of benzene rings is 2. The zero-order valence-corrected chi connectivity index (χ0v) is 13.0. The van der Waals surface area contributed by atoms with Crippen molar-refractivity contribution in [2.45, 2.75) is 10.1 Å². The van der Waals surface area contributed by atoms with Gasteiger partial charge in [-0.05, 0) is 36.4 Å². The number of thioether (sulfide) groups is 1. The van der Waals surface area contributed by atoms with Crippen molar-refractivity contribution in [1.29, 1.82) is 0 Å². The molecule has 0 radical (unpaired) electrons. The summed E-state index contributed by atoms with van der Waals surface area (Å²) < 4.78 is 33.4. The summed E-state index contributed by atoms with van der Waals surface area (Å²) in [4.78, 5) is 0.865. The Morgan fingerprint density at radius 1 is 1.14 bits per heavy atom. The van der Waals surface area contributed by atoms with Crippen LogP contribution in [0.4, 0.5) is 8.78 Å². The Labute approximate surface area is 136 Å². The third-order valence-electron chi connectivity index (χ3n) is 3.56. The fourth-order valence-corrected chi connectivity index (χ4v) is 3.84. The minimum Gasteiger partial charge on any atom is -0.490 e. The first-order chi connectivity index (χ1) is 10.6. The van der Waals surface area contributed by atoms with E-state index in [4.69, 9.17) is 16.3 Å². The Morgan fingerprint density at radius 2 is 1.82 bits per heavy atom. The molecule has 2 atom stereocenters. The number of aliphatic hydroxyl groups is 1. The molecule has 1 aliphatic heterocycles. The molecule has 1 heterocycles.